The molecule has 1 aliphatic rings. The van der Waals surface area contributed by atoms with E-state index in [-0.39, 0.29) is 21.1 Å². The quantitative estimate of drug-likeness (QED) is 0.567. The molecule has 2 heteroatoms. The van der Waals surface area contributed by atoms with Gasteiger partial charge in [-0.15, -0.1) is 0 Å². The molecule has 1 saturated heterocycles. The minimum Gasteiger partial charge on any atom is -0.666 e. The molecule has 34 valence electrons. The average Bonchev–Trinajstić information content (AvgIpc) is 1.30. The summed E-state index contributed by atoms with van der Waals surface area (Å²) in [7, 11) is 0. The molecule has 0 aliphatic carbocycles. The summed E-state index contributed by atoms with van der Waals surface area (Å²) in [6.07, 6.45) is 0. The van der Waals surface area contributed by atoms with Crippen molar-refractivity contribution in [2.24, 2.45) is 5.92 Å². The Labute approximate surface area is 52.8 Å². The molecule has 0 aromatic rings. The second-order valence-corrected chi connectivity index (χ2v) is 1.45. The van der Waals surface area contributed by atoms with Crippen LogP contribution in [0.5, 0.6) is 0 Å². The van der Waals surface area contributed by atoms with Crippen molar-refractivity contribution < 1.29 is 21.1 Å². The maximum absolute atomic E-state index is 3.94. The van der Waals surface area contributed by atoms with Gasteiger partial charge in [-0.25, -0.2) is 5.92 Å². The van der Waals surface area contributed by atoms with E-state index in [4.69, 9.17) is 0 Å². The predicted octanol–water partition coefficient (Wildman–Crippen LogP) is 0.821. The third-order valence-corrected chi connectivity index (χ3v) is 0.775. The smallest absolute Gasteiger partial charge is 0.666 e. The van der Waals surface area contributed by atoms with Gasteiger partial charge in [-0.2, -0.15) is 13.1 Å². The van der Waals surface area contributed by atoms with E-state index in [1.54, 1.807) is 0 Å². The van der Waals surface area contributed by atoms with Gasteiger partial charge in [0.25, 0.3) is 0 Å². The summed E-state index contributed by atoms with van der Waals surface area (Å²) < 4.78 is 0. The largest absolute Gasteiger partial charge is 2.00 e. The van der Waals surface area contributed by atoms with Crippen LogP contribution in [0.15, 0.2) is 0 Å². The molecule has 0 saturated carbocycles. The van der Waals surface area contributed by atoms with Crippen LogP contribution < -0.4 is 0 Å². The maximum atomic E-state index is 3.94. The molecule has 0 radical (unpaired) electrons. The molecule has 0 spiro atoms. The Morgan fingerprint density at radius 3 is 1.83 bits per heavy atom. The van der Waals surface area contributed by atoms with Crippen molar-refractivity contribution in [2.75, 3.05) is 13.1 Å². The zero-order chi connectivity index (χ0) is 3.70. The fourth-order valence-electron chi connectivity index (χ4n) is 0.312. The zero-order valence-corrected chi connectivity index (χ0v) is 6.49. The first-order valence-electron chi connectivity index (χ1n) is 1.86. The monoisotopic (exact) mass is 253 g/mol. The van der Waals surface area contributed by atoms with Crippen molar-refractivity contribution in [3.8, 4) is 0 Å². The molecular weight excluding hydrogens is 246 g/mol. The maximum Gasteiger partial charge on any atom is 2.00 e. The standard InChI is InChI=1S/C4H7N.W/c1-4-2-5-3-4;/h4H,1-3H2;/q-2;+2. The van der Waals surface area contributed by atoms with Crippen LogP contribution in [0.25, 0.3) is 5.32 Å². The molecule has 0 bridgehead atoms. The predicted molar refractivity (Wildman–Crippen MR) is 21.9 cm³/mol. The Morgan fingerprint density at radius 2 is 1.83 bits per heavy atom. The van der Waals surface area contributed by atoms with Crippen LogP contribution in [0.1, 0.15) is 0 Å². The van der Waals surface area contributed by atoms with Crippen LogP contribution in [0.3, 0.4) is 0 Å². The van der Waals surface area contributed by atoms with Gasteiger partial charge in [0.1, 0.15) is 0 Å². The molecule has 0 unspecified atom stereocenters. The van der Waals surface area contributed by atoms with E-state index in [2.05, 4.69) is 12.2 Å². The molecule has 0 N–H and O–H groups in total. The molecule has 1 fully saturated rings. The van der Waals surface area contributed by atoms with Crippen LogP contribution in [0.4, 0.5) is 0 Å². The minimum atomic E-state index is 0. The number of rotatable bonds is 0. The van der Waals surface area contributed by atoms with E-state index >= 15 is 0 Å². The van der Waals surface area contributed by atoms with E-state index in [1.165, 1.54) is 0 Å². The third-order valence-electron chi connectivity index (χ3n) is 0.775. The summed E-state index contributed by atoms with van der Waals surface area (Å²) in [5.74, 6) is 0.648. The van der Waals surface area contributed by atoms with Gasteiger partial charge in [-0.05, 0) is 0 Å². The van der Waals surface area contributed by atoms with Crippen molar-refractivity contribution in [3.63, 3.8) is 0 Å². The Bertz CT molecular complexity index is 34.5. The van der Waals surface area contributed by atoms with Crippen molar-refractivity contribution >= 4 is 0 Å². The first-order valence-corrected chi connectivity index (χ1v) is 1.86. The van der Waals surface area contributed by atoms with Gasteiger partial charge in [0, 0.05) is 0 Å². The summed E-state index contributed by atoms with van der Waals surface area (Å²) in [6.45, 7) is 5.75. The fourth-order valence-corrected chi connectivity index (χ4v) is 0.312. The fraction of sp³-hybridized carbons (Fsp3) is 0.750. The average molecular weight is 253 g/mol. The Balaban J connectivity index is 0.000000250. The van der Waals surface area contributed by atoms with Crippen molar-refractivity contribution in [1.29, 1.82) is 0 Å². The van der Waals surface area contributed by atoms with E-state index in [0.717, 1.165) is 13.1 Å². The summed E-state index contributed by atoms with van der Waals surface area (Å²) in [5, 5.41) is 3.94. The van der Waals surface area contributed by atoms with Crippen molar-refractivity contribution in [2.45, 2.75) is 0 Å². The molecule has 6 heavy (non-hydrogen) atoms. The van der Waals surface area contributed by atoms with Crippen LogP contribution in [0, 0.1) is 12.8 Å². The molecule has 0 aromatic heterocycles. The Kier molecular flexibility index (Phi) is 3.06. The van der Waals surface area contributed by atoms with Crippen molar-refractivity contribution in [1.82, 2.24) is 0 Å². The van der Waals surface area contributed by atoms with Gasteiger partial charge in [0.15, 0.2) is 0 Å². The van der Waals surface area contributed by atoms with E-state index < -0.39 is 0 Å². The van der Waals surface area contributed by atoms with Gasteiger partial charge in [0.2, 0.25) is 0 Å². The molecule has 1 aliphatic heterocycles. The topological polar surface area (TPSA) is 14.1 Å². The number of hydrogen-bond donors (Lipinski definition) is 0. The first-order chi connectivity index (χ1) is 2.39. The van der Waals surface area contributed by atoms with Gasteiger partial charge < -0.3 is 12.2 Å². The number of hydrogen-bond acceptors (Lipinski definition) is 0. The SMILES string of the molecule is [CH2-]C1C[N-]C1.[W+2]. The van der Waals surface area contributed by atoms with Gasteiger partial charge in [0.05, 0.1) is 0 Å². The second-order valence-electron chi connectivity index (χ2n) is 1.45. The van der Waals surface area contributed by atoms with Gasteiger partial charge in [-0.1, -0.05) is 0 Å². The van der Waals surface area contributed by atoms with Crippen molar-refractivity contribution in [3.05, 3.63) is 12.2 Å². The molecule has 1 rings (SSSR count). The third kappa shape index (κ3) is 1.40. The van der Waals surface area contributed by atoms with Crippen LogP contribution in [0.2, 0.25) is 0 Å². The molecule has 0 aromatic carbocycles. The van der Waals surface area contributed by atoms with E-state index in [1.807, 2.05) is 0 Å². The van der Waals surface area contributed by atoms with E-state index in [0.29, 0.717) is 5.92 Å². The summed E-state index contributed by atoms with van der Waals surface area (Å²) in [4.78, 5) is 0. The molecule has 1 nitrogen and oxygen atoms in total. The number of nitrogens with zero attached hydrogens (tertiary/aromatic N) is 1. The molecule has 0 atom stereocenters. The zero-order valence-electron chi connectivity index (χ0n) is 3.55. The Hall–Kier alpha value is 0.648. The van der Waals surface area contributed by atoms with Gasteiger partial charge >= 0.3 is 21.1 Å². The minimum absolute atomic E-state index is 0. The molecule has 1 heterocycles. The normalized spacial score (nSPS) is 21.5. The van der Waals surface area contributed by atoms with Crippen LogP contribution in [-0.4, -0.2) is 13.1 Å². The van der Waals surface area contributed by atoms with E-state index in [9.17, 15) is 0 Å². The van der Waals surface area contributed by atoms with Gasteiger partial charge in [-0.3, -0.25) is 0 Å². The first kappa shape index (κ1) is 6.65. The molecule has 0 amide bonds. The Morgan fingerprint density at radius 1 is 1.50 bits per heavy atom. The summed E-state index contributed by atoms with van der Waals surface area (Å²) in [6, 6.07) is 0. The second kappa shape index (κ2) is 2.76. The summed E-state index contributed by atoms with van der Waals surface area (Å²) >= 11 is 0. The summed E-state index contributed by atoms with van der Waals surface area (Å²) in [5.41, 5.74) is 0. The van der Waals surface area contributed by atoms with Crippen LogP contribution in [-0.2, 0) is 21.1 Å². The molecular formula is C4H7NW. The van der Waals surface area contributed by atoms with Crippen LogP contribution >= 0.6 is 0 Å².